The number of piperidine rings is 1. The van der Waals surface area contributed by atoms with Crippen molar-refractivity contribution in [3.63, 3.8) is 0 Å². The molecule has 1 saturated heterocycles. The molecule has 3 rings (SSSR count). The molecular formula is C16H24ClFN6O2S. The first kappa shape index (κ1) is 20.2. The van der Waals surface area contributed by atoms with Gasteiger partial charge in [-0.3, -0.25) is 0 Å². The Morgan fingerprint density at radius 1 is 1.37 bits per heavy atom. The van der Waals surface area contributed by atoms with Crippen LogP contribution in [0.5, 0.6) is 0 Å². The van der Waals surface area contributed by atoms with E-state index in [1.54, 1.807) is 10.7 Å². The first-order valence-electron chi connectivity index (χ1n) is 8.84. The number of hydrogen-bond acceptors (Lipinski definition) is 6. The van der Waals surface area contributed by atoms with Crippen LogP contribution in [0.15, 0.2) is 6.20 Å². The number of halogens is 2. The quantitative estimate of drug-likeness (QED) is 0.801. The molecule has 0 aliphatic carbocycles. The van der Waals surface area contributed by atoms with Crippen molar-refractivity contribution < 1.29 is 12.8 Å². The van der Waals surface area contributed by atoms with Gasteiger partial charge in [0.2, 0.25) is 16.0 Å². The largest absolute Gasteiger partial charge is 0.347 e. The lowest BCUT2D eigenvalue weighted by atomic mass is 9.98. The summed E-state index contributed by atoms with van der Waals surface area (Å²) in [5, 5.41) is 7.76. The number of nitrogens with zero attached hydrogens (tertiary/aromatic N) is 5. The second kappa shape index (κ2) is 7.48. The number of imidazole rings is 1. The zero-order chi connectivity index (χ0) is 19.9. The molecule has 0 radical (unpaired) electrons. The van der Waals surface area contributed by atoms with E-state index in [0.717, 1.165) is 16.4 Å². The number of hydrogen-bond donors (Lipinski definition) is 1. The lowest BCUT2D eigenvalue weighted by Crippen LogP contribution is -2.49. The summed E-state index contributed by atoms with van der Waals surface area (Å²) in [4.78, 5) is 8.62. The van der Waals surface area contributed by atoms with Crippen LogP contribution in [0.3, 0.4) is 0 Å². The number of aromatic nitrogens is 4. The second-order valence-electron chi connectivity index (χ2n) is 7.35. The highest BCUT2D eigenvalue weighted by molar-refractivity contribution is 7.88. The summed E-state index contributed by atoms with van der Waals surface area (Å²) < 4.78 is 40.5. The van der Waals surface area contributed by atoms with Gasteiger partial charge in [-0.25, -0.2) is 27.3 Å². The summed E-state index contributed by atoms with van der Waals surface area (Å²) >= 11 is 6.20. The molecule has 0 saturated carbocycles. The van der Waals surface area contributed by atoms with Crippen molar-refractivity contribution >= 4 is 33.1 Å². The molecule has 0 amide bonds. The van der Waals surface area contributed by atoms with Gasteiger partial charge in [-0.15, -0.1) is 5.10 Å². The minimum Gasteiger partial charge on any atom is -0.347 e. The third kappa shape index (κ3) is 4.17. The molecule has 0 bridgehead atoms. The third-order valence-corrected chi connectivity index (χ3v) is 6.62. The Kier molecular flexibility index (Phi) is 5.60. The normalized spacial score (nSPS) is 23.1. The van der Waals surface area contributed by atoms with Gasteiger partial charge >= 0.3 is 0 Å². The molecule has 3 atom stereocenters. The minimum atomic E-state index is -3.40. The van der Waals surface area contributed by atoms with Gasteiger partial charge in [0.1, 0.15) is 17.5 Å². The van der Waals surface area contributed by atoms with Crippen LogP contribution in [-0.2, 0) is 10.0 Å². The van der Waals surface area contributed by atoms with E-state index in [0.29, 0.717) is 23.0 Å². The molecule has 150 valence electrons. The molecule has 1 N–H and O–H groups in total. The predicted molar refractivity (Wildman–Crippen MR) is 102 cm³/mol. The number of nitrogens with one attached hydrogen (secondary N) is 1. The van der Waals surface area contributed by atoms with E-state index in [-0.39, 0.29) is 25.0 Å². The molecule has 1 aliphatic heterocycles. The van der Waals surface area contributed by atoms with Gasteiger partial charge in [0.15, 0.2) is 5.15 Å². The van der Waals surface area contributed by atoms with Gasteiger partial charge in [-0.1, -0.05) is 32.4 Å². The minimum absolute atomic E-state index is 0.125. The summed E-state index contributed by atoms with van der Waals surface area (Å²) in [5.74, 6) is 1.45. The van der Waals surface area contributed by atoms with Crippen molar-refractivity contribution in [3.8, 4) is 0 Å². The third-order valence-electron chi connectivity index (χ3n) is 5.07. The van der Waals surface area contributed by atoms with Crippen molar-refractivity contribution in [2.24, 2.45) is 5.92 Å². The fourth-order valence-electron chi connectivity index (χ4n) is 3.04. The number of alkyl halides is 1. The van der Waals surface area contributed by atoms with E-state index in [9.17, 15) is 12.8 Å². The van der Waals surface area contributed by atoms with E-state index < -0.39 is 22.2 Å². The molecule has 1 unspecified atom stereocenters. The first-order valence-corrected chi connectivity index (χ1v) is 11.1. The summed E-state index contributed by atoms with van der Waals surface area (Å²) in [5.41, 5.74) is 0.591. The first-order chi connectivity index (χ1) is 12.6. The second-order valence-corrected chi connectivity index (χ2v) is 9.69. The van der Waals surface area contributed by atoms with Crippen LogP contribution in [-0.4, -0.2) is 63.9 Å². The van der Waals surface area contributed by atoms with E-state index in [2.05, 4.69) is 34.2 Å². The maximum Gasteiger partial charge on any atom is 0.241 e. The number of rotatable bonds is 5. The summed E-state index contributed by atoms with van der Waals surface area (Å²) in [6.45, 7) is 6.30. The SMILES string of the molecule is CC(C)C(C)c1nc(Cl)c2cnc(N[C@@H]3CCN(S(C)(=O)=O)C[C@H]3F)nn12. The van der Waals surface area contributed by atoms with Crippen LogP contribution >= 0.6 is 11.6 Å². The lowest BCUT2D eigenvalue weighted by molar-refractivity contribution is 0.186. The van der Waals surface area contributed by atoms with Gasteiger partial charge in [0.05, 0.1) is 18.5 Å². The molecule has 8 nitrogen and oxygen atoms in total. The van der Waals surface area contributed by atoms with Crippen LogP contribution in [0.2, 0.25) is 5.15 Å². The zero-order valence-corrected chi connectivity index (χ0v) is 17.3. The van der Waals surface area contributed by atoms with Gasteiger partial charge in [-0.2, -0.15) is 4.31 Å². The average molecular weight is 419 g/mol. The molecule has 1 fully saturated rings. The molecule has 11 heteroatoms. The zero-order valence-electron chi connectivity index (χ0n) is 15.7. The Bertz CT molecular complexity index is 934. The number of fused-ring (bicyclic) bond motifs is 1. The Hall–Kier alpha value is -1.52. The Labute approximate surface area is 163 Å². The number of anilines is 1. The predicted octanol–water partition coefficient (Wildman–Crippen LogP) is 2.32. The van der Waals surface area contributed by atoms with Crippen molar-refractivity contribution in [1.29, 1.82) is 0 Å². The van der Waals surface area contributed by atoms with E-state index in [1.807, 2.05) is 6.92 Å². The molecule has 0 spiro atoms. The van der Waals surface area contributed by atoms with E-state index in [4.69, 9.17) is 11.6 Å². The molecule has 1 aliphatic rings. The fourth-order valence-corrected chi connectivity index (χ4v) is 4.10. The van der Waals surface area contributed by atoms with Crippen LogP contribution in [0.25, 0.3) is 5.52 Å². The monoisotopic (exact) mass is 418 g/mol. The molecule has 2 aromatic heterocycles. The molecule has 0 aromatic carbocycles. The molecule has 2 aromatic rings. The van der Waals surface area contributed by atoms with Crippen molar-refractivity contribution in [3.05, 3.63) is 17.2 Å². The molecule has 3 heterocycles. The van der Waals surface area contributed by atoms with Gasteiger partial charge in [-0.05, 0) is 12.3 Å². The Morgan fingerprint density at radius 2 is 2.07 bits per heavy atom. The highest BCUT2D eigenvalue weighted by atomic mass is 35.5. The van der Waals surface area contributed by atoms with Gasteiger partial charge in [0, 0.05) is 19.0 Å². The average Bonchev–Trinajstić information content (AvgIpc) is 2.91. The summed E-state index contributed by atoms with van der Waals surface area (Å²) in [6.07, 6.45) is 1.62. The summed E-state index contributed by atoms with van der Waals surface area (Å²) in [6, 6.07) is -0.564. The Morgan fingerprint density at radius 3 is 2.67 bits per heavy atom. The topological polar surface area (TPSA) is 92.5 Å². The van der Waals surface area contributed by atoms with Crippen molar-refractivity contribution in [2.75, 3.05) is 24.7 Å². The smallest absolute Gasteiger partial charge is 0.241 e. The summed E-state index contributed by atoms with van der Waals surface area (Å²) in [7, 11) is -3.40. The maximum atomic E-state index is 14.5. The van der Waals surface area contributed by atoms with Crippen molar-refractivity contribution in [1.82, 2.24) is 23.9 Å². The van der Waals surface area contributed by atoms with E-state index in [1.165, 1.54) is 0 Å². The number of sulfonamides is 1. The highest BCUT2D eigenvalue weighted by Crippen LogP contribution is 2.27. The highest BCUT2D eigenvalue weighted by Gasteiger charge is 2.33. The van der Waals surface area contributed by atoms with Crippen LogP contribution < -0.4 is 5.32 Å². The van der Waals surface area contributed by atoms with Crippen LogP contribution in [0, 0.1) is 5.92 Å². The van der Waals surface area contributed by atoms with Gasteiger partial charge in [0.25, 0.3) is 0 Å². The van der Waals surface area contributed by atoms with Crippen LogP contribution in [0.4, 0.5) is 10.3 Å². The maximum absolute atomic E-state index is 14.5. The molecular weight excluding hydrogens is 395 g/mol. The van der Waals surface area contributed by atoms with E-state index >= 15 is 0 Å². The standard InChI is InChI=1S/C16H24ClFN6O2S/c1-9(2)10(3)15-21-14(17)13-7-19-16(22-24(13)15)20-12-5-6-23(8-11(12)18)27(4,25)26/h7,9-12H,5-6,8H2,1-4H3,(H,20,22)/t10?,11-,12-/m1/s1. The molecule has 27 heavy (non-hydrogen) atoms. The van der Waals surface area contributed by atoms with Crippen molar-refractivity contribution in [2.45, 2.75) is 45.3 Å². The van der Waals surface area contributed by atoms with Gasteiger partial charge < -0.3 is 5.32 Å². The fraction of sp³-hybridized carbons (Fsp3) is 0.688. The van der Waals surface area contributed by atoms with Crippen LogP contribution in [0.1, 0.15) is 38.9 Å². The Balaban J connectivity index is 1.83. The lowest BCUT2D eigenvalue weighted by Gasteiger charge is -2.33.